The van der Waals surface area contributed by atoms with Crippen LogP contribution in [0.25, 0.3) is 0 Å². The maximum absolute atomic E-state index is 12.1. The summed E-state index contributed by atoms with van der Waals surface area (Å²) in [6, 6.07) is 0. The fraction of sp³-hybridized carbons (Fsp3) is 0.700. The van der Waals surface area contributed by atoms with Crippen molar-refractivity contribution >= 4 is 11.8 Å². The lowest BCUT2D eigenvalue weighted by Crippen LogP contribution is -2.18. The Morgan fingerprint density at radius 2 is 1.96 bits per heavy atom. The molecule has 6 nitrogen and oxygen atoms in total. The molecule has 0 aliphatic heterocycles. The molecule has 4 N–H and O–H groups in total. The van der Waals surface area contributed by atoms with Crippen LogP contribution in [0, 0.1) is 11.8 Å². The number of aliphatic hydroxyl groups is 3. The maximum Gasteiger partial charge on any atom is 0.303 e. The van der Waals surface area contributed by atoms with Crippen LogP contribution in [-0.4, -0.2) is 50.5 Å². The van der Waals surface area contributed by atoms with Gasteiger partial charge in [-0.1, -0.05) is 24.3 Å². The number of ketones is 1. The molecule has 1 fully saturated rings. The number of allylic oxidation sites excluding steroid dienone is 2. The molecule has 4 unspecified atom stereocenters. The third-order valence-electron chi connectivity index (χ3n) is 4.73. The molecule has 0 radical (unpaired) electrons. The van der Waals surface area contributed by atoms with E-state index in [1.807, 2.05) is 12.2 Å². The third-order valence-corrected chi connectivity index (χ3v) is 4.73. The molecule has 0 saturated heterocycles. The predicted molar refractivity (Wildman–Crippen MR) is 98.5 cm³/mol. The van der Waals surface area contributed by atoms with Gasteiger partial charge in [-0.2, -0.15) is 0 Å². The molecular weight excluding hydrogens is 336 g/mol. The average Bonchev–Trinajstić information content (AvgIpc) is 2.81. The summed E-state index contributed by atoms with van der Waals surface area (Å²) in [6.45, 7) is 1.71. The zero-order chi connectivity index (χ0) is 19.5. The van der Waals surface area contributed by atoms with Crippen LogP contribution < -0.4 is 0 Å². The van der Waals surface area contributed by atoms with E-state index in [-0.39, 0.29) is 36.6 Å². The zero-order valence-corrected chi connectivity index (χ0v) is 15.5. The van der Waals surface area contributed by atoms with Crippen molar-refractivity contribution in [3.63, 3.8) is 0 Å². The normalized spacial score (nSPS) is 26.0. The molecular formula is C20H32O6. The van der Waals surface area contributed by atoms with Crippen molar-refractivity contribution in [2.75, 3.05) is 0 Å². The van der Waals surface area contributed by atoms with Crippen molar-refractivity contribution in [3.05, 3.63) is 24.3 Å². The topological polar surface area (TPSA) is 115 Å². The van der Waals surface area contributed by atoms with Gasteiger partial charge in [0.1, 0.15) is 5.78 Å². The summed E-state index contributed by atoms with van der Waals surface area (Å²) in [7, 11) is 0. The van der Waals surface area contributed by atoms with Crippen molar-refractivity contribution in [2.45, 2.75) is 76.6 Å². The highest BCUT2D eigenvalue weighted by Crippen LogP contribution is 2.33. The van der Waals surface area contributed by atoms with Crippen LogP contribution in [-0.2, 0) is 9.59 Å². The van der Waals surface area contributed by atoms with Gasteiger partial charge in [0.2, 0.25) is 0 Å². The van der Waals surface area contributed by atoms with Crippen LogP contribution in [0.4, 0.5) is 0 Å². The van der Waals surface area contributed by atoms with Crippen LogP contribution in [0.15, 0.2) is 24.3 Å². The van der Waals surface area contributed by atoms with Crippen molar-refractivity contribution in [1.29, 1.82) is 0 Å². The molecule has 26 heavy (non-hydrogen) atoms. The first-order valence-electron chi connectivity index (χ1n) is 9.43. The molecule has 1 saturated carbocycles. The number of aliphatic hydroxyl groups excluding tert-OH is 3. The fourth-order valence-corrected chi connectivity index (χ4v) is 3.23. The SMILES string of the molecule is CC(O)CCCC(O)/C=C/[C@H]1C(O)CC(=O)C1C/C=C\CCCC(=O)O. The zero-order valence-electron chi connectivity index (χ0n) is 15.5. The van der Waals surface area contributed by atoms with Crippen LogP contribution in [0.3, 0.4) is 0 Å². The summed E-state index contributed by atoms with van der Waals surface area (Å²) in [5.74, 6) is -1.41. The lowest BCUT2D eigenvalue weighted by molar-refractivity contribution is -0.137. The minimum atomic E-state index is -0.815. The number of carbonyl (C=O) groups is 2. The Hall–Kier alpha value is -1.50. The Morgan fingerprint density at radius 1 is 1.23 bits per heavy atom. The molecule has 0 aromatic rings. The second kappa shape index (κ2) is 12.0. The Kier molecular flexibility index (Phi) is 10.4. The number of hydrogen-bond acceptors (Lipinski definition) is 5. The van der Waals surface area contributed by atoms with E-state index in [1.54, 1.807) is 19.1 Å². The molecule has 0 aromatic carbocycles. The third kappa shape index (κ3) is 8.74. The quantitative estimate of drug-likeness (QED) is 0.310. The fourth-order valence-electron chi connectivity index (χ4n) is 3.23. The van der Waals surface area contributed by atoms with Gasteiger partial charge in [-0.3, -0.25) is 9.59 Å². The molecule has 0 aromatic heterocycles. The van der Waals surface area contributed by atoms with E-state index < -0.39 is 18.2 Å². The van der Waals surface area contributed by atoms with E-state index in [9.17, 15) is 24.9 Å². The summed E-state index contributed by atoms with van der Waals surface area (Å²) in [4.78, 5) is 22.6. The van der Waals surface area contributed by atoms with E-state index in [4.69, 9.17) is 5.11 Å². The van der Waals surface area contributed by atoms with Crippen molar-refractivity contribution in [2.24, 2.45) is 11.8 Å². The molecule has 1 aliphatic rings. The van der Waals surface area contributed by atoms with Crippen molar-refractivity contribution < 1.29 is 30.0 Å². The highest BCUT2D eigenvalue weighted by Gasteiger charge is 2.39. The van der Waals surface area contributed by atoms with Crippen LogP contribution in [0.2, 0.25) is 0 Å². The Labute approximate surface area is 155 Å². The van der Waals surface area contributed by atoms with Gasteiger partial charge < -0.3 is 20.4 Å². The number of aliphatic carboxylic acids is 1. The minimum absolute atomic E-state index is 0.0194. The Bertz CT molecular complexity index is 497. The van der Waals surface area contributed by atoms with Gasteiger partial charge in [0.15, 0.2) is 0 Å². The summed E-state index contributed by atoms with van der Waals surface area (Å²) in [6.07, 6.45) is 9.23. The summed E-state index contributed by atoms with van der Waals surface area (Å²) in [5.41, 5.74) is 0. The van der Waals surface area contributed by atoms with E-state index in [2.05, 4.69) is 0 Å². The highest BCUT2D eigenvalue weighted by atomic mass is 16.4. The van der Waals surface area contributed by atoms with Gasteiger partial charge in [-0.25, -0.2) is 0 Å². The molecule has 0 heterocycles. The second-order valence-electron chi connectivity index (χ2n) is 7.15. The van der Waals surface area contributed by atoms with Gasteiger partial charge >= 0.3 is 5.97 Å². The highest BCUT2D eigenvalue weighted by molar-refractivity contribution is 5.84. The first-order chi connectivity index (χ1) is 12.3. The smallest absolute Gasteiger partial charge is 0.303 e. The summed E-state index contributed by atoms with van der Waals surface area (Å²) >= 11 is 0. The second-order valence-corrected chi connectivity index (χ2v) is 7.15. The van der Waals surface area contributed by atoms with Crippen LogP contribution >= 0.6 is 0 Å². The van der Waals surface area contributed by atoms with E-state index in [0.29, 0.717) is 38.5 Å². The van der Waals surface area contributed by atoms with Gasteiger partial charge in [0.25, 0.3) is 0 Å². The molecule has 0 spiro atoms. The summed E-state index contributed by atoms with van der Waals surface area (Å²) in [5, 5.41) is 37.9. The molecule has 148 valence electrons. The number of unbranched alkanes of at least 4 members (excludes halogenated alkanes) is 1. The number of Topliss-reactive ketones (excluding diaryl/α,β-unsaturated/α-hetero) is 1. The van der Waals surface area contributed by atoms with Gasteiger partial charge in [0.05, 0.1) is 18.3 Å². The van der Waals surface area contributed by atoms with E-state index in [1.165, 1.54) is 0 Å². The van der Waals surface area contributed by atoms with Crippen LogP contribution in [0.5, 0.6) is 0 Å². The van der Waals surface area contributed by atoms with Crippen LogP contribution in [0.1, 0.15) is 58.3 Å². The number of hydrogen-bond donors (Lipinski definition) is 4. The van der Waals surface area contributed by atoms with Crippen molar-refractivity contribution in [1.82, 2.24) is 0 Å². The molecule has 1 aliphatic carbocycles. The molecule has 5 atom stereocenters. The van der Waals surface area contributed by atoms with Gasteiger partial charge in [0, 0.05) is 24.7 Å². The molecule has 6 heteroatoms. The minimum Gasteiger partial charge on any atom is -0.481 e. The number of carboxylic acids is 1. The molecule has 0 amide bonds. The molecule has 1 rings (SSSR count). The largest absolute Gasteiger partial charge is 0.481 e. The Balaban J connectivity index is 2.47. The van der Waals surface area contributed by atoms with E-state index >= 15 is 0 Å². The Morgan fingerprint density at radius 3 is 2.62 bits per heavy atom. The monoisotopic (exact) mass is 368 g/mol. The lowest BCUT2D eigenvalue weighted by atomic mass is 9.90. The first kappa shape index (κ1) is 22.5. The van der Waals surface area contributed by atoms with Gasteiger partial charge in [-0.05, 0) is 45.4 Å². The first-order valence-corrected chi connectivity index (χ1v) is 9.43. The predicted octanol–water partition coefficient (Wildman–Crippen LogP) is 2.22. The maximum atomic E-state index is 12.1. The lowest BCUT2D eigenvalue weighted by Gasteiger charge is -2.16. The average molecular weight is 368 g/mol. The number of carboxylic acid groups (broad SMARTS) is 1. The number of rotatable bonds is 12. The standard InChI is InChI=1S/C20H32O6/c1-14(21)7-6-8-15(22)11-12-17-16(18(23)13-19(17)24)9-4-2-3-5-10-20(25)26/h2,4,11-12,14-17,19,21-22,24H,3,5-10,13H2,1H3,(H,25,26)/b4-2-,12-11+/t14?,15?,16?,17-,19?/m1/s1. The van der Waals surface area contributed by atoms with Crippen molar-refractivity contribution in [3.8, 4) is 0 Å². The molecule has 0 bridgehead atoms. The van der Waals surface area contributed by atoms with Gasteiger partial charge in [-0.15, -0.1) is 0 Å². The van der Waals surface area contributed by atoms with E-state index in [0.717, 1.165) is 0 Å². The summed E-state index contributed by atoms with van der Waals surface area (Å²) < 4.78 is 0. The number of carbonyl (C=O) groups excluding carboxylic acids is 1.